The third kappa shape index (κ3) is 2.91. The highest BCUT2D eigenvalue weighted by Crippen LogP contribution is 2.06. The van der Waals surface area contributed by atoms with Gasteiger partial charge in [0.1, 0.15) is 11.3 Å². The van der Waals surface area contributed by atoms with Crippen LogP contribution in [0.15, 0.2) is 9.59 Å². The van der Waals surface area contributed by atoms with E-state index in [1.165, 1.54) is 9.13 Å². The summed E-state index contributed by atoms with van der Waals surface area (Å²) < 4.78 is 7.74. The van der Waals surface area contributed by atoms with E-state index < -0.39 is 0 Å². The number of H-pyrrole nitrogens is 1. The molecule has 3 N–H and O–H groups in total. The molecular weight excluding hydrogens is 274 g/mol. The summed E-state index contributed by atoms with van der Waals surface area (Å²) in [4.78, 5) is 32.0. The molecule has 0 fully saturated rings. The Morgan fingerprint density at radius 1 is 1.33 bits per heavy atom. The Morgan fingerprint density at radius 2 is 2.10 bits per heavy atom. The van der Waals surface area contributed by atoms with Crippen molar-refractivity contribution in [1.29, 1.82) is 0 Å². The topological polar surface area (TPSA) is 108 Å². The van der Waals surface area contributed by atoms with Gasteiger partial charge < -0.3 is 15.5 Å². The molecule has 116 valence electrons. The summed E-state index contributed by atoms with van der Waals surface area (Å²) in [5, 5.41) is 0. The van der Waals surface area contributed by atoms with Gasteiger partial charge in [-0.15, -0.1) is 0 Å². The van der Waals surface area contributed by atoms with Crippen molar-refractivity contribution in [3.05, 3.63) is 26.7 Å². The zero-order valence-corrected chi connectivity index (χ0v) is 12.4. The highest BCUT2D eigenvalue weighted by Gasteiger charge is 2.16. The summed E-state index contributed by atoms with van der Waals surface area (Å²) in [5.74, 6) is 0.623. The van der Waals surface area contributed by atoms with Crippen molar-refractivity contribution in [1.82, 2.24) is 19.1 Å². The number of ether oxygens (including phenoxy) is 1. The van der Waals surface area contributed by atoms with Crippen molar-refractivity contribution < 1.29 is 4.74 Å². The number of hydrogen-bond donors (Lipinski definition) is 2. The number of imidazole rings is 1. The summed E-state index contributed by atoms with van der Waals surface area (Å²) in [6.45, 7) is 3.51. The van der Waals surface area contributed by atoms with Gasteiger partial charge in [0.2, 0.25) is 0 Å². The number of aryl methyl sites for hydroxylation is 1. The van der Waals surface area contributed by atoms with Gasteiger partial charge in [-0.05, 0) is 19.9 Å². The lowest BCUT2D eigenvalue weighted by Crippen LogP contribution is -2.39. The summed E-state index contributed by atoms with van der Waals surface area (Å²) >= 11 is 0. The van der Waals surface area contributed by atoms with Gasteiger partial charge in [0.15, 0.2) is 5.65 Å². The van der Waals surface area contributed by atoms with Crippen LogP contribution < -0.4 is 17.0 Å². The smallest absolute Gasteiger partial charge is 0.332 e. The van der Waals surface area contributed by atoms with Crippen molar-refractivity contribution in [2.24, 2.45) is 5.73 Å². The first kappa shape index (κ1) is 15.5. The molecule has 2 aromatic rings. The van der Waals surface area contributed by atoms with Crippen LogP contribution in [-0.4, -0.2) is 39.4 Å². The van der Waals surface area contributed by atoms with Gasteiger partial charge in [0.25, 0.3) is 5.56 Å². The average molecular weight is 295 g/mol. The monoisotopic (exact) mass is 295 g/mol. The fraction of sp³-hybridized carbons (Fsp3) is 0.615. The SMILES string of the molecule is CCn1c(=O)c2[nH]c(CCN)nc2n(CCCOC)c1=O. The first-order valence-corrected chi connectivity index (χ1v) is 7.05. The third-order valence-corrected chi connectivity index (χ3v) is 3.34. The Hall–Kier alpha value is -1.93. The van der Waals surface area contributed by atoms with E-state index in [0.717, 1.165) is 0 Å². The standard InChI is InChI=1S/C13H21N5O3/c1-3-17-12(19)10-11(16-9(15-10)5-6-14)18(13(17)20)7-4-8-21-2/h3-8,14H2,1-2H3,(H,15,16). The molecule has 0 unspecified atom stereocenters. The first-order chi connectivity index (χ1) is 10.1. The van der Waals surface area contributed by atoms with E-state index in [1.54, 1.807) is 14.0 Å². The van der Waals surface area contributed by atoms with E-state index in [4.69, 9.17) is 10.5 Å². The minimum atomic E-state index is -0.337. The molecule has 0 aliphatic rings. The number of methoxy groups -OCH3 is 1. The number of fused-ring (bicyclic) bond motifs is 1. The van der Waals surface area contributed by atoms with Crippen LogP contribution in [0, 0.1) is 0 Å². The number of hydrogen-bond acceptors (Lipinski definition) is 5. The fourth-order valence-corrected chi connectivity index (χ4v) is 2.32. The number of rotatable bonds is 7. The first-order valence-electron chi connectivity index (χ1n) is 7.05. The molecule has 0 aromatic carbocycles. The molecule has 2 aromatic heterocycles. The highest BCUT2D eigenvalue weighted by atomic mass is 16.5. The molecule has 0 bridgehead atoms. The number of aromatic amines is 1. The maximum absolute atomic E-state index is 12.4. The van der Waals surface area contributed by atoms with Gasteiger partial charge in [-0.25, -0.2) is 9.78 Å². The second-order valence-corrected chi connectivity index (χ2v) is 4.75. The third-order valence-electron chi connectivity index (χ3n) is 3.34. The molecule has 8 nitrogen and oxygen atoms in total. The van der Waals surface area contributed by atoms with Crippen molar-refractivity contribution in [2.45, 2.75) is 32.9 Å². The van der Waals surface area contributed by atoms with Gasteiger partial charge in [-0.1, -0.05) is 0 Å². The van der Waals surface area contributed by atoms with Crippen LogP contribution in [0.5, 0.6) is 0 Å². The van der Waals surface area contributed by atoms with Crippen molar-refractivity contribution >= 4 is 11.2 Å². The molecule has 0 aliphatic heterocycles. The second-order valence-electron chi connectivity index (χ2n) is 4.75. The van der Waals surface area contributed by atoms with Gasteiger partial charge in [-0.2, -0.15) is 0 Å². The number of nitrogens with zero attached hydrogens (tertiary/aromatic N) is 3. The molecule has 0 saturated heterocycles. The Bertz CT molecular complexity index is 728. The second kappa shape index (κ2) is 6.68. The van der Waals surface area contributed by atoms with Crippen LogP contribution in [0.25, 0.3) is 11.2 Å². The van der Waals surface area contributed by atoms with E-state index in [1.807, 2.05) is 0 Å². The fourth-order valence-electron chi connectivity index (χ4n) is 2.32. The van der Waals surface area contributed by atoms with E-state index in [0.29, 0.717) is 56.1 Å². The molecule has 0 spiro atoms. The highest BCUT2D eigenvalue weighted by molar-refractivity contribution is 5.69. The zero-order chi connectivity index (χ0) is 15.4. The van der Waals surface area contributed by atoms with Crippen molar-refractivity contribution in [3.63, 3.8) is 0 Å². The van der Waals surface area contributed by atoms with Gasteiger partial charge >= 0.3 is 5.69 Å². The minimum Gasteiger partial charge on any atom is -0.385 e. The maximum atomic E-state index is 12.4. The van der Waals surface area contributed by atoms with Crippen molar-refractivity contribution in [3.8, 4) is 0 Å². The van der Waals surface area contributed by atoms with Gasteiger partial charge in [0.05, 0.1) is 0 Å². The van der Waals surface area contributed by atoms with E-state index in [2.05, 4.69) is 9.97 Å². The Kier molecular flexibility index (Phi) is 4.92. The summed E-state index contributed by atoms with van der Waals surface area (Å²) in [6.07, 6.45) is 1.21. The molecule has 2 rings (SSSR count). The Morgan fingerprint density at radius 3 is 2.71 bits per heavy atom. The quantitative estimate of drug-likeness (QED) is 0.666. The summed E-state index contributed by atoms with van der Waals surface area (Å²) in [6, 6.07) is 0. The molecular formula is C13H21N5O3. The van der Waals surface area contributed by atoms with Crippen LogP contribution >= 0.6 is 0 Å². The normalized spacial score (nSPS) is 11.4. The largest absolute Gasteiger partial charge is 0.385 e. The molecule has 0 saturated carbocycles. The molecule has 0 radical (unpaired) electrons. The molecule has 0 atom stereocenters. The molecule has 0 aliphatic carbocycles. The lowest BCUT2D eigenvalue weighted by molar-refractivity contribution is 0.190. The zero-order valence-electron chi connectivity index (χ0n) is 12.4. The molecule has 2 heterocycles. The molecule has 0 amide bonds. The van der Waals surface area contributed by atoms with Crippen LogP contribution in [0.2, 0.25) is 0 Å². The van der Waals surface area contributed by atoms with Crippen LogP contribution in [0.1, 0.15) is 19.2 Å². The van der Waals surface area contributed by atoms with E-state index in [-0.39, 0.29) is 11.2 Å². The lowest BCUT2D eigenvalue weighted by Gasteiger charge is -2.09. The summed E-state index contributed by atoms with van der Waals surface area (Å²) in [7, 11) is 1.61. The van der Waals surface area contributed by atoms with Crippen LogP contribution in [-0.2, 0) is 24.2 Å². The number of nitrogens with two attached hydrogens (primary N) is 1. The van der Waals surface area contributed by atoms with Crippen LogP contribution in [0.3, 0.4) is 0 Å². The van der Waals surface area contributed by atoms with Gasteiger partial charge in [-0.3, -0.25) is 13.9 Å². The Balaban J connectivity index is 2.62. The predicted octanol–water partition coefficient (Wildman–Crippen LogP) is -0.556. The van der Waals surface area contributed by atoms with E-state index >= 15 is 0 Å². The van der Waals surface area contributed by atoms with Gasteiger partial charge in [0, 0.05) is 33.2 Å². The number of aromatic nitrogens is 4. The maximum Gasteiger partial charge on any atom is 0.332 e. The van der Waals surface area contributed by atoms with Crippen molar-refractivity contribution in [2.75, 3.05) is 20.3 Å². The Labute approximate surface area is 121 Å². The molecule has 8 heteroatoms. The average Bonchev–Trinajstić information content (AvgIpc) is 2.87. The van der Waals surface area contributed by atoms with Crippen LogP contribution in [0.4, 0.5) is 0 Å². The predicted molar refractivity (Wildman–Crippen MR) is 79.5 cm³/mol. The minimum absolute atomic E-state index is 0.323. The molecule has 21 heavy (non-hydrogen) atoms. The number of nitrogens with one attached hydrogen (secondary N) is 1. The summed E-state index contributed by atoms with van der Waals surface area (Å²) in [5.41, 5.74) is 5.60. The lowest BCUT2D eigenvalue weighted by atomic mass is 10.4. The van der Waals surface area contributed by atoms with E-state index in [9.17, 15) is 9.59 Å².